The first-order valence-corrected chi connectivity index (χ1v) is 7.51. The molecule has 0 bridgehead atoms. The van der Waals surface area contributed by atoms with Gasteiger partial charge in [0.1, 0.15) is 17.5 Å². The summed E-state index contributed by atoms with van der Waals surface area (Å²) in [6.45, 7) is 4.92. The number of halogens is 4. The first kappa shape index (κ1) is 21.2. The monoisotopic (exact) mass is 367 g/mol. The first-order chi connectivity index (χ1) is 11.3. The number of aliphatic hydroxyl groups excluding tert-OH is 2. The maximum Gasteiger partial charge on any atom is 0.416 e. The zero-order valence-electron chi connectivity index (χ0n) is 14.0. The van der Waals surface area contributed by atoms with Crippen molar-refractivity contribution in [2.24, 2.45) is 0 Å². The standard InChI is InChI=1S/C16H21F4NO4/c1-15(2,3)25-14(24)21-7-6-12(22)13(23)10-5-4-9(8-11(10)17)16(18,19)20/h4-5,8,12-13,22-23H,6-7H2,1-3H3,(H,21,24). The highest BCUT2D eigenvalue weighted by Gasteiger charge is 2.32. The zero-order chi connectivity index (χ0) is 19.4. The maximum absolute atomic E-state index is 13.8. The summed E-state index contributed by atoms with van der Waals surface area (Å²) in [5.74, 6) is -1.28. The Morgan fingerprint density at radius 3 is 2.32 bits per heavy atom. The minimum Gasteiger partial charge on any atom is -0.444 e. The predicted octanol–water partition coefficient (Wildman–Crippen LogP) is 3.15. The summed E-state index contributed by atoms with van der Waals surface area (Å²) < 4.78 is 56.2. The number of carbonyl (C=O) groups excluding carboxylic acids is 1. The van der Waals surface area contributed by atoms with E-state index in [1.54, 1.807) is 20.8 Å². The van der Waals surface area contributed by atoms with Crippen LogP contribution in [0.15, 0.2) is 18.2 Å². The van der Waals surface area contributed by atoms with Crippen LogP contribution in [0.4, 0.5) is 22.4 Å². The summed E-state index contributed by atoms with van der Waals surface area (Å²) in [6.07, 6.45) is -8.81. The van der Waals surface area contributed by atoms with Gasteiger partial charge in [-0.15, -0.1) is 0 Å². The van der Waals surface area contributed by atoms with Gasteiger partial charge >= 0.3 is 12.3 Å². The van der Waals surface area contributed by atoms with Gasteiger partial charge in [0, 0.05) is 12.1 Å². The highest BCUT2D eigenvalue weighted by atomic mass is 19.4. The molecule has 0 aliphatic carbocycles. The van der Waals surface area contributed by atoms with Crippen molar-refractivity contribution in [2.75, 3.05) is 6.54 Å². The van der Waals surface area contributed by atoms with Crippen molar-refractivity contribution < 1.29 is 37.3 Å². The molecule has 3 N–H and O–H groups in total. The quantitative estimate of drug-likeness (QED) is 0.699. The molecule has 2 atom stereocenters. The average molecular weight is 367 g/mol. The molecule has 1 aromatic rings. The van der Waals surface area contributed by atoms with Crippen LogP contribution in [-0.2, 0) is 10.9 Å². The molecule has 0 aromatic heterocycles. The minimum atomic E-state index is -4.71. The van der Waals surface area contributed by atoms with Crippen LogP contribution < -0.4 is 5.32 Å². The Morgan fingerprint density at radius 1 is 1.24 bits per heavy atom. The summed E-state index contributed by atoms with van der Waals surface area (Å²) in [6, 6.07) is 1.64. The van der Waals surface area contributed by atoms with Gasteiger partial charge in [0.25, 0.3) is 0 Å². The lowest BCUT2D eigenvalue weighted by Gasteiger charge is -2.21. The molecular formula is C16H21F4NO4. The van der Waals surface area contributed by atoms with Gasteiger partial charge in [0.05, 0.1) is 11.7 Å². The molecule has 1 amide bonds. The van der Waals surface area contributed by atoms with Crippen LogP contribution in [0, 0.1) is 5.82 Å². The zero-order valence-corrected chi connectivity index (χ0v) is 14.0. The molecule has 0 saturated heterocycles. The Bertz CT molecular complexity index is 599. The van der Waals surface area contributed by atoms with E-state index >= 15 is 0 Å². The molecule has 9 heteroatoms. The molecule has 0 heterocycles. The number of hydrogen-bond acceptors (Lipinski definition) is 4. The van der Waals surface area contributed by atoms with Crippen LogP contribution in [0.1, 0.15) is 44.4 Å². The molecule has 0 radical (unpaired) electrons. The van der Waals surface area contributed by atoms with Crippen molar-refractivity contribution in [2.45, 2.75) is 51.2 Å². The number of alkyl halides is 3. The molecule has 0 fully saturated rings. The Hall–Kier alpha value is -1.87. The van der Waals surface area contributed by atoms with Crippen LogP contribution in [-0.4, -0.2) is 34.6 Å². The van der Waals surface area contributed by atoms with Crippen molar-refractivity contribution in [3.63, 3.8) is 0 Å². The minimum absolute atomic E-state index is 0.0740. The van der Waals surface area contributed by atoms with Crippen LogP contribution in [0.3, 0.4) is 0 Å². The third-order valence-corrected chi connectivity index (χ3v) is 3.12. The van der Waals surface area contributed by atoms with E-state index < -0.39 is 47.0 Å². The molecule has 5 nitrogen and oxygen atoms in total. The van der Waals surface area contributed by atoms with Gasteiger partial charge in [-0.2, -0.15) is 13.2 Å². The lowest BCUT2D eigenvalue weighted by molar-refractivity contribution is -0.137. The van der Waals surface area contributed by atoms with E-state index in [1.165, 1.54) is 0 Å². The maximum atomic E-state index is 13.8. The lowest BCUT2D eigenvalue weighted by Crippen LogP contribution is -2.34. The van der Waals surface area contributed by atoms with Crippen molar-refractivity contribution in [1.82, 2.24) is 5.32 Å². The van der Waals surface area contributed by atoms with Gasteiger partial charge in [-0.25, -0.2) is 9.18 Å². The average Bonchev–Trinajstić information content (AvgIpc) is 2.43. The third kappa shape index (κ3) is 6.87. The second-order valence-corrected chi connectivity index (χ2v) is 6.46. The summed E-state index contributed by atoms with van der Waals surface area (Å²) in [7, 11) is 0. The number of ether oxygens (including phenoxy) is 1. The number of amides is 1. The van der Waals surface area contributed by atoms with E-state index in [2.05, 4.69) is 5.32 Å². The Labute approximate surface area is 142 Å². The van der Waals surface area contributed by atoms with E-state index in [0.29, 0.717) is 6.07 Å². The van der Waals surface area contributed by atoms with Gasteiger partial charge in [0.2, 0.25) is 0 Å². The number of benzene rings is 1. The van der Waals surface area contributed by atoms with E-state index in [9.17, 15) is 32.6 Å². The van der Waals surface area contributed by atoms with Gasteiger partial charge in [0.15, 0.2) is 0 Å². The SMILES string of the molecule is CC(C)(C)OC(=O)NCCC(O)C(O)c1ccc(C(F)(F)F)cc1F. The van der Waals surface area contributed by atoms with Gasteiger partial charge in [-0.1, -0.05) is 6.07 Å². The van der Waals surface area contributed by atoms with Crippen LogP contribution in [0.2, 0.25) is 0 Å². The summed E-state index contributed by atoms with van der Waals surface area (Å²) in [4.78, 5) is 11.4. The van der Waals surface area contributed by atoms with E-state index in [4.69, 9.17) is 4.74 Å². The van der Waals surface area contributed by atoms with Gasteiger partial charge < -0.3 is 20.3 Å². The van der Waals surface area contributed by atoms with E-state index in [-0.39, 0.29) is 19.0 Å². The summed E-state index contributed by atoms with van der Waals surface area (Å²) in [5, 5.41) is 22.1. The highest BCUT2D eigenvalue weighted by molar-refractivity contribution is 5.67. The summed E-state index contributed by atoms with van der Waals surface area (Å²) >= 11 is 0. The van der Waals surface area contributed by atoms with Crippen LogP contribution in [0.5, 0.6) is 0 Å². The summed E-state index contributed by atoms with van der Waals surface area (Å²) in [5.41, 5.74) is -2.36. The fraction of sp³-hybridized carbons (Fsp3) is 0.562. The van der Waals surface area contributed by atoms with Crippen molar-refractivity contribution in [3.05, 3.63) is 35.1 Å². The highest BCUT2D eigenvalue weighted by Crippen LogP contribution is 2.32. The fourth-order valence-electron chi connectivity index (χ4n) is 1.94. The number of nitrogens with one attached hydrogen (secondary N) is 1. The molecule has 1 aromatic carbocycles. The van der Waals surface area contributed by atoms with E-state index in [0.717, 1.165) is 6.07 Å². The largest absolute Gasteiger partial charge is 0.444 e. The molecule has 142 valence electrons. The molecule has 1 rings (SSSR count). The molecule has 0 spiro atoms. The van der Waals surface area contributed by atoms with Gasteiger partial charge in [-0.05, 0) is 39.3 Å². The molecule has 0 saturated carbocycles. The number of rotatable bonds is 5. The van der Waals surface area contributed by atoms with Crippen LogP contribution in [0.25, 0.3) is 0 Å². The normalized spacial score (nSPS) is 14.8. The Kier molecular flexibility index (Phi) is 6.78. The lowest BCUT2D eigenvalue weighted by atomic mass is 10.00. The predicted molar refractivity (Wildman–Crippen MR) is 81.2 cm³/mol. The van der Waals surface area contributed by atoms with Crippen LogP contribution >= 0.6 is 0 Å². The number of alkyl carbamates (subject to hydrolysis) is 1. The Morgan fingerprint density at radius 2 is 1.84 bits per heavy atom. The Balaban J connectivity index is 2.62. The second kappa shape index (κ2) is 8.01. The van der Waals surface area contributed by atoms with E-state index in [1.807, 2.05) is 0 Å². The second-order valence-electron chi connectivity index (χ2n) is 6.46. The van der Waals surface area contributed by atoms with Crippen molar-refractivity contribution in [1.29, 1.82) is 0 Å². The number of aliphatic hydroxyl groups is 2. The fourth-order valence-corrected chi connectivity index (χ4v) is 1.94. The molecule has 25 heavy (non-hydrogen) atoms. The van der Waals surface area contributed by atoms with Crippen molar-refractivity contribution >= 4 is 6.09 Å². The molecule has 0 aliphatic heterocycles. The first-order valence-electron chi connectivity index (χ1n) is 7.51. The molecule has 2 unspecified atom stereocenters. The molecular weight excluding hydrogens is 346 g/mol. The number of carbonyl (C=O) groups is 1. The topological polar surface area (TPSA) is 78.8 Å². The van der Waals surface area contributed by atoms with Crippen molar-refractivity contribution in [3.8, 4) is 0 Å². The smallest absolute Gasteiger partial charge is 0.416 e. The third-order valence-electron chi connectivity index (χ3n) is 3.12. The number of hydrogen-bond donors (Lipinski definition) is 3. The molecule has 0 aliphatic rings. The van der Waals surface area contributed by atoms with Gasteiger partial charge in [-0.3, -0.25) is 0 Å².